The Balaban J connectivity index is 1.24. The van der Waals surface area contributed by atoms with Crippen LogP contribution in [0.15, 0.2) is 97.1 Å². The van der Waals surface area contributed by atoms with Gasteiger partial charge in [-0.05, 0) is 48.5 Å². The molecule has 0 aliphatic heterocycles. The van der Waals surface area contributed by atoms with E-state index in [2.05, 4.69) is 12.1 Å². The zero-order valence-electron chi connectivity index (χ0n) is 17.5. The molecule has 0 fully saturated rings. The molecule has 0 saturated carbocycles. The van der Waals surface area contributed by atoms with Crippen LogP contribution in [0.1, 0.15) is 0 Å². The van der Waals surface area contributed by atoms with Crippen molar-refractivity contribution in [2.75, 3.05) is 6.79 Å². The predicted molar refractivity (Wildman–Crippen MR) is 136 cm³/mol. The molecule has 0 spiro atoms. The Morgan fingerprint density at radius 3 is 1.42 bits per heavy atom. The topological polar surface area (TPSA) is 44.2 Å². The molecule has 2 aromatic heterocycles. The summed E-state index contributed by atoms with van der Waals surface area (Å²) in [6.07, 6.45) is 0. The highest BCUT2D eigenvalue weighted by atomic mass is 32.1. The fourth-order valence-corrected chi connectivity index (χ4v) is 5.66. The van der Waals surface area contributed by atoms with Gasteiger partial charge in [0.05, 0.1) is 31.6 Å². The van der Waals surface area contributed by atoms with Gasteiger partial charge in [-0.1, -0.05) is 48.5 Å². The summed E-state index contributed by atoms with van der Waals surface area (Å²) in [6, 6.07) is 32.2. The van der Waals surface area contributed by atoms with Crippen LogP contribution in [-0.4, -0.2) is 16.8 Å². The van der Waals surface area contributed by atoms with Crippen LogP contribution < -0.4 is 9.47 Å². The molecule has 0 amide bonds. The number of hydrogen-bond donors (Lipinski definition) is 0. The number of nitrogens with zero attached hydrogens (tertiary/aromatic N) is 2. The van der Waals surface area contributed by atoms with Gasteiger partial charge < -0.3 is 9.47 Å². The molecule has 0 saturated heterocycles. The van der Waals surface area contributed by atoms with Gasteiger partial charge in [0.1, 0.15) is 21.5 Å². The van der Waals surface area contributed by atoms with E-state index in [-0.39, 0.29) is 6.79 Å². The van der Waals surface area contributed by atoms with Crippen molar-refractivity contribution >= 4 is 43.1 Å². The van der Waals surface area contributed by atoms with E-state index in [0.717, 1.165) is 53.1 Å². The third kappa shape index (κ3) is 3.95. The molecule has 0 aliphatic carbocycles. The van der Waals surface area contributed by atoms with Gasteiger partial charge in [0.2, 0.25) is 6.79 Å². The van der Waals surface area contributed by atoms with Crippen molar-refractivity contribution in [3.8, 4) is 32.6 Å². The van der Waals surface area contributed by atoms with Gasteiger partial charge >= 0.3 is 0 Å². The van der Waals surface area contributed by atoms with Crippen molar-refractivity contribution in [3.63, 3.8) is 0 Å². The maximum Gasteiger partial charge on any atom is 0.230 e. The Bertz CT molecular complexity index is 1390. The number of rotatable bonds is 6. The Hall–Kier alpha value is -3.74. The average molecular weight is 467 g/mol. The summed E-state index contributed by atoms with van der Waals surface area (Å²) in [6.45, 7) is 0.0871. The zero-order chi connectivity index (χ0) is 22.0. The number of ether oxygens (including phenoxy) is 2. The Labute approximate surface area is 198 Å². The monoisotopic (exact) mass is 466 g/mol. The molecule has 6 rings (SSSR count). The molecule has 0 radical (unpaired) electrons. The first kappa shape index (κ1) is 19.9. The summed E-state index contributed by atoms with van der Waals surface area (Å²) in [5.41, 5.74) is 3.91. The average Bonchev–Trinajstić information content (AvgIpc) is 3.49. The van der Waals surface area contributed by atoms with E-state index in [9.17, 15) is 0 Å². The quantitative estimate of drug-likeness (QED) is 0.236. The van der Waals surface area contributed by atoms with Crippen LogP contribution >= 0.6 is 22.7 Å². The van der Waals surface area contributed by atoms with Crippen molar-refractivity contribution in [2.45, 2.75) is 0 Å². The first-order valence-electron chi connectivity index (χ1n) is 10.5. The summed E-state index contributed by atoms with van der Waals surface area (Å²) < 4.78 is 14.4. The fourth-order valence-electron chi connectivity index (χ4n) is 3.67. The van der Waals surface area contributed by atoms with Gasteiger partial charge in [-0.3, -0.25) is 0 Å². The van der Waals surface area contributed by atoms with Gasteiger partial charge in [-0.2, -0.15) is 0 Å². The first-order valence-corrected chi connectivity index (χ1v) is 12.1. The lowest BCUT2D eigenvalue weighted by Gasteiger charge is -2.13. The largest absolute Gasteiger partial charge is 0.457 e. The summed E-state index contributed by atoms with van der Waals surface area (Å²) in [7, 11) is 0. The fraction of sp³-hybridized carbons (Fsp3) is 0.0370. The van der Waals surface area contributed by atoms with Gasteiger partial charge in [-0.15, -0.1) is 22.7 Å². The molecule has 0 bridgehead atoms. The van der Waals surface area contributed by atoms with E-state index in [1.165, 1.54) is 0 Å². The molecule has 33 heavy (non-hydrogen) atoms. The van der Waals surface area contributed by atoms with Crippen molar-refractivity contribution in [3.05, 3.63) is 97.1 Å². The molecule has 4 nitrogen and oxygen atoms in total. The van der Waals surface area contributed by atoms with Crippen LogP contribution in [0, 0.1) is 0 Å². The van der Waals surface area contributed by atoms with E-state index in [1.807, 2.05) is 84.9 Å². The van der Waals surface area contributed by atoms with Crippen LogP contribution in [0.3, 0.4) is 0 Å². The molecule has 0 aliphatic rings. The molecule has 0 N–H and O–H groups in total. The lowest BCUT2D eigenvalue weighted by atomic mass is 10.2. The highest BCUT2D eigenvalue weighted by Crippen LogP contribution is 2.37. The molecular formula is C27H18N2O2S2. The molecule has 4 aromatic carbocycles. The number of thiazole rings is 2. The summed E-state index contributed by atoms with van der Waals surface area (Å²) in [4.78, 5) is 9.55. The van der Waals surface area contributed by atoms with E-state index >= 15 is 0 Å². The summed E-state index contributed by atoms with van der Waals surface area (Å²) in [5, 5.41) is 1.86. The van der Waals surface area contributed by atoms with E-state index in [4.69, 9.17) is 19.4 Å². The number of para-hydroxylation sites is 4. The normalized spacial score (nSPS) is 11.2. The Morgan fingerprint density at radius 2 is 0.939 bits per heavy atom. The number of benzene rings is 4. The number of aromatic nitrogens is 2. The molecule has 6 heteroatoms. The Morgan fingerprint density at radius 1 is 0.515 bits per heavy atom. The summed E-state index contributed by atoms with van der Waals surface area (Å²) in [5.74, 6) is 1.49. The second kappa shape index (κ2) is 8.65. The van der Waals surface area contributed by atoms with Crippen LogP contribution in [0.5, 0.6) is 11.5 Å². The number of hydrogen-bond acceptors (Lipinski definition) is 6. The number of fused-ring (bicyclic) bond motifs is 2. The second-order valence-corrected chi connectivity index (χ2v) is 9.43. The first-order chi connectivity index (χ1) is 16.3. The molecule has 0 unspecified atom stereocenters. The second-order valence-electron chi connectivity index (χ2n) is 7.37. The maximum absolute atomic E-state index is 6.07. The van der Waals surface area contributed by atoms with Gasteiger partial charge in [0, 0.05) is 0 Å². The lowest BCUT2D eigenvalue weighted by molar-refractivity contribution is 0.121. The minimum absolute atomic E-state index is 0.0871. The van der Waals surface area contributed by atoms with Crippen LogP contribution in [0.4, 0.5) is 0 Å². The van der Waals surface area contributed by atoms with Crippen molar-refractivity contribution < 1.29 is 9.47 Å². The highest BCUT2D eigenvalue weighted by molar-refractivity contribution is 7.22. The van der Waals surface area contributed by atoms with Crippen molar-refractivity contribution in [1.82, 2.24) is 9.97 Å². The van der Waals surface area contributed by atoms with Gasteiger partial charge in [0.15, 0.2) is 0 Å². The minimum Gasteiger partial charge on any atom is -0.457 e. The molecular weight excluding hydrogens is 448 g/mol. The van der Waals surface area contributed by atoms with E-state index in [1.54, 1.807) is 22.7 Å². The minimum atomic E-state index is 0.0871. The highest BCUT2D eigenvalue weighted by Gasteiger charge is 2.13. The standard InChI is InChI=1S/C27H18N2O2S2/c1-5-13-22(18(9-1)26-28-20-11-3-7-15-24(20)32-26)30-17-31-23-14-6-2-10-19(23)27-29-21-12-4-8-16-25(21)33-27/h1-16H,17H2. The van der Waals surface area contributed by atoms with E-state index in [0.29, 0.717) is 0 Å². The third-order valence-electron chi connectivity index (χ3n) is 5.25. The van der Waals surface area contributed by atoms with Gasteiger partial charge in [-0.25, -0.2) is 9.97 Å². The van der Waals surface area contributed by atoms with Crippen molar-refractivity contribution in [1.29, 1.82) is 0 Å². The molecule has 0 atom stereocenters. The lowest BCUT2D eigenvalue weighted by Crippen LogP contribution is -2.07. The molecule has 6 aromatic rings. The maximum atomic E-state index is 6.07. The summed E-state index contributed by atoms with van der Waals surface area (Å²) >= 11 is 3.31. The third-order valence-corrected chi connectivity index (χ3v) is 7.39. The Kier molecular flexibility index (Phi) is 5.22. The zero-order valence-corrected chi connectivity index (χ0v) is 19.1. The predicted octanol–water partition coefficient (Wildman–Crippen LogP) is 7.66. The molecule has 160 valence electrons. The smallest absolute Gasteiger partial charge is 0.230 e. The van der Waals surface area contributed by atoms with Gasteiger partial charge in [0.25, 0.3) is 0 Å². The van der Waals surface area contributed by atoms with E-state index < -0.39 is 0 Å². The molecule has 2 heterocycles. The van der Waals surface area contributed by atoms with Crippen molar-refractivity contribution in [2.24, 2.45) is 0 Å². The van der Waals surface area contributed by atoms with Crippen LogP contribution in [0.2, 0.25) is 0 Å². The van der Waals surface area contributed by atoms with Crippen LogP contribution in [-0.2, 0) is 0 Å². The SMILES string of the molecule is c1ccc(-c2nc3ccccc3s2)c(OCOc2ccccc2-c2nc3ccccc3s2)c1. The van der Waals surface area contributed by atoms with Crippen LogP contribution in [0.25, 0.3) is 41.6 Å².